The molecule has 1 N–H and O–H groups in total. The zero-order valence-electron chi connectivity index (χ0n) is 25.0. The lowest BCUT2D eigenvalue weighted by atomic mass is 9.94. The molecule has 0 spiro atoms. The Morgan fingerprint density at radius 3 is 2.62 bits per heavy atom. The van der Waals surface area contributed by atoms with Gasteiger partial charge in [-0.1, -0.05) is 45.1 Å². The van der Waals surface area contributed by atoms with E-state index in [2.05, 4.69) is 63.6 Å². The topological polar surface area (TPSA) is 52.6 Å². The van der Waals surface area contributed by atoms with Crippen LogP contribution in [0.5, 0.6) is 11.5 Å². The van der Waals surface area contributed by atoms with Gasteiger partial charge in [-0.15, -0.1) is 0 Å². The maximum atomic E-state index is 5.88. The number of nitrogens with one attached hydrogen (secondary N) is 1. The summed E-state index contributed by atoms with van der Waals surface area (Å²) in [4.78, 5) is 7.86. The Morgan fingerprint density at radius 2 is 1.90 bits per heavy atom. The highest BCUT2D eigenvalue weighted by atomic mass is 32.2. The number of ether oxygens (including phenoxy) is 2. The first-order valence-corrected chi connectivity index (χ1v) is 15.7. The van der Waals surface area contributed by atoms with Gasteiger partial charge in [0.05, 0.1) is 38.1 Å². The van der Waals surface area contributed by atoms with Crippen molar-refractivity contribution in [2.24, 2.45) is 4.40 Å². The van der Waals surface area contributed by atoms with Gasteiger partial charge in [-0.3, -0.25) is 4.90 Å². The second-order valence-electron chi connectivity index (χ2n) is 10.7. The Labute approximate surface area is 244 Å². The fourth-order valence-corrected chi connectivity index (χ4v) is 6.91. The standard InChI is InChI=1S/C30H39N5O2S.C2H6/c1-5-34-14-13-33(18-22-7-6-8-26-29(22)32-38-31-26)12-11-24-15-20(2)28-23(16-25(36-3)17-27(28)37-4)19-35(24)30(34)21-9-10-21;1-2/h6-8,15-17,20,26,31H,5,9-14,18-19H2,1-4H3;1-2H3/t20-,26?;/m0./s1. The highest BCUT2D eigenvalue weighted by Gasteiger charge is 2.34. The summed E-state index contributed by atoms with van der Waals surface area (Å²) in [6.07, 6.45) is 12.5. The first-order chi connectivity index (χ1) is 19.6. The highest BCUT2D eigenvalue weighted by molar-refractivity contribution is 7.96. The Balaban J connectivity index is 0.00000158. The van der Waals surface area contributed by atoms with Gasteiger partial charge in [0.15, 0.2) is 0 Å². The molecule has 0 amide bonds. The van der Waals surface area contributed by atoms with E-state index in [9.17, 15) is 0 Å². The fraction of sp³-hybridized carbons (Fsp3) is 0.531. The number of nitrogens with zero attached hydrogens (tertiary/aromatic N) is 4. The first-order valence-electron chi connectivity index (χ1n) is 14.9. The smallest absolute Gasteiger partial charge is 0.126 e. The van der Waals surface area contributed by atoms with Gasteiger partial charge in [0, 0.05) is 68.9 Å². The Hall–Kier alpha value is -2.68. The van der Waals surface area contributed by atoms with Crippen LogP contribution in [0.4, 0.5) is 0 Å². The van der Waals surface area contributed by atoms with Gasteiger partial charge in [-0.05, 0) is 42.5 Å². The molecule has 1 unspecified atom stereocenters. The summed E-state index contributed by atoms with van der Waals surface area (Å²) in [5, 5.41) is 0. The largest absolute Gasteiger partial charge is 0.497 e. The van der Waals surface area contributed by atoms with Gasteiger partial charge in [0.25, 0.3) is 0 Å². The molecule has 3 heterocycles. The second kappa shape index (κ2) is 12.9. The van der Waals surface area contributed by atoms with E-state index in [-0.39, 0.29) is 12.0 Å². The van der Waals surface area contributed by atoms with E-state index in [1.807, 2.05) is 19.9 Å². The van der Waals surface area contributed by atoms with Gasteiger partial charge in [-0.2, -0.15) is 0 Å². The predicted octanol–water partition coefficient (Wildman–Crippen LogP) is 6.04. The van der Waals surface area contributed by atoms with Gasteiger partial charge < -0.3 is 19.3 Å². The number of hydrogen-bond donors (Lipinski definition) is 1. The van der Waals surface area contributed by atoms with Gasteiger partial charge in [0.1, 0.15) is 17.3 Å². The minimum absolute atomic E-state index is 0.238. The van der Waals surface area contributed by atoms with Gasteiger partial charge in [-0.25, -0.2) is 9.12 Å². The Bertz CT molecular complexity index is 1240. The third kappa shape index (κ3) is 5.85. The lowest BCUT2D eigenvalue weighted by Gasteiger charge is -2.36. The predicted molar refractivity (Wildman–Crippen MR) is 167 cm³/mol. The maximum Gasteiger partial charge on any atom is 0.126 e. The molecular formula is C32H45N5O2S. The van der Waals surface area contributed by atoms with E-state index in [4.69, 9.17) is 13.9 Å². The summed E-state index contributed by atoms with van der Waals surface area (Å²) in [6.45, 7) is 14.5. The second-order valence-corrected chi connectivity index (χ2v) is 11.3. The van der Waals surface area contributed by atoms with Crippen LogP contribution >= 0.6 is 12.1 Å². The van der Waals surface area contributed by atoms with Crippen molar-refractivity contribution in [3.63, 3.8) is 0 Å². The van der Waals surface area contributed by atoms with Crippen molar-refractivity contribution >= 4 is 17.8 Å². The van der Waals surface area contributed by atoms with Crippen molar-refractivity contribution in [1.29, 1.82) is 0 Å². The van der Waals surface area contributed by atoms with Crippen LogP contribution in [0, 0.1) is 0 Å². The van der Waals surface area contributed by atoms with Crippen molar-refractivity contribution in [3.8, 4) is 11.5 Å². The lowest BCUT2D eigenvalue weighted by Crippen LogP contribution is -2.39. The van der Waals surface area contributed by atoms with Crippen molar-refractivity contribution in [2.75, 3.05) is 46.9 Å². The van der Waals surface area contributed by atoms with Crippen LogP contribution in [0.25, 0.3) is 0 Å². The van der Waals surface area contributed by atoms with E-state index in [0.29, 0.717) is 0 Å². The first kappa shape index (κ1) is 28.8. The van der Waals surface area contributed by atoms with Crippen molar-refractivity contribution in [3.05, 3.63) is 70.2 Å². The number of likely N-dealkylation sites (N-methyl/N-ethyl adjacent to an activating group) is 1. The van der Waals surface area contributed by atoms with E-state index in [1.54, 1.807) is 19.8 Å². The molecule has 0 aromatic heterocycles. The number of hydrogen-bond acceptors (Lipinski definition) is 8. The van der Waals surface area contributed by atoms with E-state index in [0.717, 1.165) is 57.2 Å². The summed E-state index contributed by atoms with van der Waals surface area (Å²) in [5.74, 6) is 3.46. The Morgan fingerprint density at radius 1 is 1.07 bits per heavy atom. The van der Waals surface area contributed by atoms with Crippen LogP contribution in [-0.4, -0.2) is 73.4 Å². The molecule has 40 heavy (non-hydrogen) atoms. The lowest BCUT2D eigenvalue weighted by molar-refractivity contribution is 0.224. The van der Waals surface area contributed by atoms with Crippen molar-refractivity contribution in [1.82, 2.24) is 19.4 Å². The minimum atomic E-state index is 0.238. The van der Waals surface area contributed by atoms with Crippen LogP contribution < -0.4 is 14.2 Å². The van der Waals surface area contributed by atoms with E-state index >= 15 is 0 Å². The summed E-state index contributed by atoms with van der Waals surface area (Å²) < 4.78 is 19.6. The summed E-state index contributed by atoms with van der Waals surface area (Å²) in [5.41, 5.74) is 8.09. The quantitative estimate of drug-likeness (QED) is 0.439. The molecule has 1 saturated heterocycles. The molecule has 1 aromatic carbocycles. The SMILES string of the molecule is CC.CCN1CCN(CC2=CC=CC3NSN=C23)CCC2=C[C@H](C)c3c(cc(OC)cc3OC)CN2C1=C1CC1. The molecule has 2 aliphatic carbocycles. The maximum absolute atomic E-state index is 5.88. The molecule has 5 aliphatic rings. The molecule has 2 atom stereocenters. The minimum Gasteiger partial charge on any atom is -0.497 e. The third-order valence-corrected chi connectivity index (χ3v) is 8.94. The van der Waals surface area contributed by atoms with Crippen LogP contribution in [-0.2, 0) is 6.54 Å². The third-order valence-electron chi connectivity index (χ3n) is 8.30. The molecule has 2 fully saturated rings. The molecule has 1 aromatic rings. The van der Waals surface area contributed by atoms with Gasteiger partial charge >= 0.3 is 0 Å². The molecule has 1 saturated carbocycles. The molecule has 0 radical (unpaired) electrons. The fourth-order valence-electron chi connectivity index (χ4n) is 6.22. The normalized spacial score (nSPS) is 24.1. The van der Waals surface area contributed by atoms with E-state index < -0.39 is 0 Å². The average molecular weight is 564 g/mol. The summed E-state index contributed by atoms with van der Waals surface area (Å²) in [6, 6.07) is 4.48. The zero-order valence-corrected chi connectivity index (χ0v) is 25.8. The molecule has 6 rings (SSSR count). The van der Waals surface area contributed by atoms with Crippen LogP contribution in [0.3, 0.4) is 0 Å². The number of allylic oxidation sites excluding steroid dienone is 4. The number of methoxy groups -OCH3 is 2. The zero-order chi connectivity index (χ0) is 28.2. The van der Waals surface area contributed by atoms with Gasteiger partial charge in [0.2, 0.25) is 0 Å². The van der Waals surface area contributed by atoms with Crippen LogP contribution in [0.2, 0.25) is 0 Å². The van der Waals surface area contributed by atoms with E-state index in [1.165, 1.54) is 58.9 Å². The van der Waals surface area contributed by atoms with Crippen molar-refractivity contribution in [2.45, 2.75) is 65.5 Å². The number of benzene rings is 1. The monoisotopic (exact) mass is 563 g/mol. The van der Waals surface area contributed by atoms with Crippen LogP contribution in [0.15, 0.2) is 63.5 Å². The molecule has 7 nitrogen and oxygen atoms in total. The molecule has 3 aliphatic heterocycles. The van der Waals surface area contributed by atoms with Crippen LogP contribution in [0.1, 0.15) is 64.0 Å². The number of fused-ring (bicyclic) bond motifs is 3. The average Bonchev–Trinajstić information content (AvgIpc) is 3.71. The molecule has 8 heteroatoms. The van der Waals surface area contributed by atoms with Crippen molar-refractivity contribution < 1.29 is 9.47 Å². The summed E-state index contributed by atoms with van der Waals surface area (Å²) in [7, 11) is 3.51. The number of rotatable bonds is 5. The molecule has 0 bridgehead atoms. The Kier molecular flexibility index (Phi) is 9.28. The molecular weight excluding hydrogens is 518 g/mol. The summed E-state index contributed by atoms with van der Waals surface area (Å²) >= 11 is 1.47. The highest BCUT2D eigenvalue weighted by Crippen LogP contribution is 2.43. The molecule has 216 valence electrons.